The number of para-hydroxylation sites is 1. The maximum atomic E-state index is 9.25. The van der Waals surface area contributed by atoms with Gasteiger partial charge in [-0.2, -0.15) is 5.26 Å². The molecule has 19 heavy (non-hydrogen) atoms. The van der Waals surface area contributed by atoms with Gasteiger partial charge >= 0.3 is 0 Å². The SMILES string of the molecule is CCCC1CC1Nc1nc2ccccc2cc1C#N. The maximum Gasteiger partial charge on any atom is 0.144 e. The molecule has 3 heteroatoms. The van der Waals surface area contributed by atoms with Crippen LogP contribution in [0.4, 0.5) is 5.82 Å². The fourth-order valence-corrected chi connectivity index (χ4v) is 2.60. The zero-order valence-corrected chi connectivity index (χ0v) is 11.1. The second-order valence-electron chi connectivity index (χ2n) is 5.22. The zero-order chi connectivity index (χ0) is 13.2. The summed E-state index contributed by atoms with van der Waals surface area (Å²) in [5.41, 5.74) is 1.58. The Hall–Kier alpha value is -2.08. The van der Waals surface area contributed by atoms with Gasteiger partial charge in [-0.1, -0.05) is 31.5 Å². The van der Waals surface area contributed by atoms with Gasteiger partial charge in [-0.15, -0.1) is 0 Å². The standard InChI is InChI=1S/C16H17N3/c1-2-5-11-9-15(11)19-16-13(10-17)8-12-6-3-4-7-14(12)18-16/h3-4,6-8,11,15H,2,5,9H2,1H3,(H,18,19). The molecule has 2 aromatic rings. The third-order valence-corrected chi connectivity index (χ3v) is 3.75. The number of nitrogens with one attached hydrogen (secondary N) is 1. The van der Waals surface area contributed by atoms with Crippen LogP contribution in [0.2, 0.25) is 0 Å². The summed E-state index contributed by atoms with van der Waals surface area (Å²) in [6, 6.07) is 12.6. The topological polar surface area (TPSA) is 48.7 Å². The minimum absolute atomic E-state index is 0.501. The first-order chi connectivity index (χ1) is 9.31. The van der Waals surface area contributed by atoms with E-state index in [0.717, 1.165) is 22.6 Å². The highest BCUT2D eigenvalue weighted by molar-refractivity contribution is 5.82. The summed E-state index contributed by atoms with van der Waals surface area (Å²) < 4.78 is 0. The van der Waals surface area contributed by atoms with E-state index in [0.29, 0.717) is 11.6 Å². The summed E-state index contributed by atoms with van der Waals surface area (Å²) in [5.74, 6) is 1.50. The molecule has 96 valence electrons. The molecule has 0 saturated heterocycles. The minimum atomic E-state index is 0.501. The van der Waals surface area contributed by atoms with Crippen LogP contribution in [0.3, 0.4) is 0 Å². The monoisotopic (exact) mass is 251 g/mol. The van der Waals surface area contributed by atoms with E-state index < -0.39 is 0 Å². The molecular formula is C16H17N3. The van der Waals surface area contributed by atoms with Gasteiger partial charge in [0.1, 0.15) is 11.9 Å². The quantitative estimate of drug-likeness (QED) is 0.901. The lowest BCUT2D eigenvalue weighted by Crippen LogP contribution is -2.08. The van der Waals surface area contributed by atoms with Crippen LogP contribution in [-0.4, -0.2) is 11.0 Å². The summed E-state index contributed by atoms with van der Waals surface area (Å²) in [6.07, 6.45) is 3.68. The smallest absolute Gasteiger partial charge is 0.144 e. The first-order valence-electron chi connectivity index (χ1n) is 6.88. The Morgan fingerprint density at radius 1 is 1.42 bits per heavy atom. The van der Waals surface area contributed by atoms with Crippen LogP contribution < -0.4 is 5.32 Å². The average molecular weight is 251 g/mol. The van der Waals surface area contributed by atoms with E-state index in [1.165, 1.54) is 19.3 Å². The predicted octanol–water partition coefficient (Wildman–Crippen LogP) is 3.71. The molecule has 2 unspecified atom stereocenters. The van der Waals surface area contributed by atoms with Crippen LogP contribution in [-0.2, 0) is 0 Å². The average Bonchev–Trinajstić information content (AvgIpc) is 3.16. The van der Waals surface area contributed by atoms with Crippen LogP contribution in [0.15, 0.2) is 30.3 Å². The first-order valence-corrected chi connectivity index (χ1v) is 6.88. The van der Waals surface area contributed by atoms with Crippen molar-refractivity contribution in [2.45, 2.75) is 32.2 Å². The van der Waals surface area contributed by atoms with Crippen molar-refractivity contribution in [2.24, 2.45) is 5.92 Å². The van der Waals surface area contributed by atoms with E-state index in [2.05, 4.69) is 23.3 Å². The van der Waals surface area contributed by atoms with Crippen molar-refractivity contribution in [1.82, 2.24) is 4.98 Å². The van der Waals surface area contributed by atoms with Crippen LogP contribution in [0, 0.1) is 17.2 Å². The third-order valence-electron chi connectivity index (χ3n) is 3.75. The normalized spacial score (nSPS) is 21.1. The number of aromatic nitrogens is 1. The molecule has 0 bridgehead atoms. The molecule has 0 aliphatic heterocycles. The van der Waals surface area contributed by atoms with Gasteiger partial charge in [-0.05, 0) is 30.9 Å². The molecule has 1 aromatic carbocycles. The van der Waals surface area contributed by atoms with Gasteiger partial charge in [0.05, 0.1) is 11.1 Å². The Labute approximate surface area is 113 Å². The van der Waals surface area contributed by atoms with Crippen LogP contribution in [0.25, 0.3) is 10.9 Å². The predicted molar refractivity (Wildman–Crippen MR) is 76.9 cm³/mol. The summed E-state index contributed by atoms with van der Waals surface area (Å²) >= 11 is 0. The largest absolute Gasteiger partial charge is 0.366 e. The highest BCUT2D eigenvalue weighted by atomic mass is 15.1. The molecule has 3 nitrogen and oxygen atoms in total. The van der Waals surface area contributed by atoms with Gasteiger partial charge in [-0.25, -0.2) is 4.98 Å². The van der Waals surface area contributed by atoms with Crippen molar-refractivity contribution in [3.63, 3.8) is 0 Å². The number of pyridine rings is 1. The highest BCUT2D eigenvalue weighted by Crippen LogP contribution is 2.37. The van der Waals surface area contributed by atoms with E-state index in [9.17, 15) is 5.26 Å². The number of hydrogen-bond donors (Lipinski definition) is 1. The Morgan fingerprint density at radius 3 is 3.05 bits per heavy atom. The van der Waals surface area contributed by atoms with Gasteiger partial charge in [-0.3, -0.25) is 0 Å². The molecule has 1 aliphatic carbocycles. The van der Waals surface area contributed by atoms with Gasteiger partial charge in [0, 0.05) is 11.4 Å². The lowest BCUT2D eigenvalue weighted by atomic mass is 10.1. The van der Waals surface area contributed by atoms with Crippen molar-refractivity contribution in [3.8, 4) is 6.07 Å². The molecule has 0 amide bonds. The van der Waals surface area contributed by atoms with E-state index in [1.54, 1.807) is 0 Å². The Kier molecular flexibility index (Phi) is 3.08. The molecule has 0 radical (unpaired) electrons. The van der Waals surface area contributed by atoms with E-state index in [-0.39, 0.29) is 0 Å². The van der Waals surface area contributed by atoms with Crippen LogP contribution >= 0.6 is 0 Å². The lowest BCUT2D eigenvalue weighted by Gasteiger charge is -2.08. The van der Waals surface area contributed by atoms with E-state index in [4.69, 9.17) is 0 Å². The molecule has 1 N–H and O–H groups in total. The molecule has 1 aliphatic rings. The summed E-state index contributed by atoms with van der Waals surface area (Å²) in [6.45, 7) is 2.21. The van der Waals surface area contributed by atoms with Crippen molar-refractivity contribution >= 4 is 16.7 Å². The molecule has 0 spiro atoms. The second kappa shape index (κ2) is 4.89. The Bertz CT molecular complexity index is 642. The summed E-state index contributed by atoms with van der Waals surface area (Å²) in [7, 11) is 0. The number of hydrogen-bond acceptors (Lipinski definition) is 3. The number of nitriles is 1. The van der Waals surface area contributed by atoms with Crippen molar-refractivity contribution < 1.29 is 0 Å². The molecule has 1 aromatic heterocycles. The fraction of sp³-hybridized carbons (Fsp3) is 0.375. The lowest BCUT2D eigenvalue weighted by molar-refractivity contribution is 0.692. The van der Waals surface area contributed by atoms with Crippen molar-refractivity contribution in [3.05, 3.63) is 35.9 Å². The number of nitrogens with zero attached hydrogens (tertiary/aromatic N) is 2. The Balaban J connectivity index is 1.88. The van der Waals surface area contributed by atoms with Gasteiger partial charge in [0.15, 0.2) is 0 Å². The van der Waals surface area contributed by atoms with Gasteiger partial charge in [0.25, 0.3) is 0 Å². The molecule has 1 fully saturated rings. The van der Waals surface area contributed by atoms with E-state index >= 15 is 0 Å². The summed E-state index contributed by atoms with van der Waals surface area (Å²) in [5, 5.41) is 13.7. The zero-order valence-electron chi connectivity index (χ0n) is 11.1. The number of fused-ring (bicyclic) bond motifs is 1. The summed E-state index contributed by atoms with van der Waals surface area (Å²) in [4.78, 5) is 4.59. The van der Waals surface area contributed by atoms with Gasteiger partial charge < -0.3 is 5.32 Å². The molecular weight excluding hydrogens is 234 g/mol. The first kappa shape index (κ1) is 12.0. The molecule has 1 heterocycles. The maximum absolute atomic E-state index is 9.25. The van der Waals surface area contributed by atoms with Crippen LogP contribution in [0.1, 0.15) is 31.7 Å². The molecule has 2 atom stereocenters. The highest BCUT2D eigenvalue weighted by Gasteiger charge is 2.36. The minimum Gasteiger partial charge on any atom is -0.366 e. The number of anilines is 1. The van der Waals surface area contributed by atoms with Crippen molar-refractivity contribution in [1.29, 1.82) is 5.26 Å². The molecule has 3 rings (SSSR count). The third kappa shape index (κ3) is 2.39. The second-order valence-corrected chi connectivity index (χ2v) is 5.22. The van der Waals surface area contributed by atoms with E-state index in [1.807, 2.05) is 30.3 Å². The van der Waals surface area contributed by atoms with Crippen molar-refractivity contribution in [2.75, 3.05) is 5.32 Å². The fourth-order valence-electron chi connectivity index (χ4n) is 2.60. The van der Waals surface area contributed by atoms with Gasteiger partial charge in [0.2, 0.25) is 0 Å². The Morgan fingerprint density at radius 2 is 2.26 bits per heavy atom. The molecule has 1 saturated carbocycles. The van der Waals surface area contributed by atoms with Crippen LogP contribution in [0.5, 0.6) is 0 Å². The number of benzene rings is 1. The number of rotatable bonds is 4.